The molecule has 0 N–H and O–H groups in total. The molecule has 3 nitrogen and oxygen atoms in total. The summed E-state index contributed by atoms with van der Waals surface area (Å²) in [4.78, 5) is 11.9. The minimum Gasteiger partial charge on any atom is -0.465 e. The Morgan fingerprint density at radius 1 is 1.39 bits per heavy atom. The van der Waals surface area contributed by atoms with Gasteiger partial charge in [0.15, 0.2) is 5.41 Å². The Balaban J connectivity index is 2.96. The van der Waals surface area contributed by atoms with E-state index in [2.05, 4.69) is 6.07 Å². The van der Waals surface area contributed by atoms with Crippen LogP contribution < -0.4 is 0 Å². The number of hydrogen-bond acceptors (Lipinski definition) is 3. The van der Waals surface area contributed by atoms with Gasteiger partial charge < -0.3 is 4.74 Å². The Bertz CT molecular complexity index is 450. The summed E-state index contributed by atoms with van der Waals surface area (Å²) in [5.74, 6) is -0.454. The van der Waals surface area contributed by atoms with E-state index in [0.29, 0.717) is 17.9 Å². The average Bonchev–Trinajstić information content (AvgIpc) is 2.38. The van der Waals surface area contributed by atoms with E-state index < -0.39 is 11.4 Å². The number of benzene rings is 1. The van der Waals surface area contributed by atoms with Crippen molar-refractivity contribution in [1.82, 2.24) is 0 Å². The second-order valence-corrected chi connectivity index (χ2v) is 4.51. The Morgan fingerprint density at radius 2 is 2.00 bits per heavy atom. The van der Waals surface area contributed by atoms with Crippen LogP contribution in [0.1, 0.15) is 25.8 Å². The lowest BCUT2D eigenvalue weighted by atomic mass is 9.80. The largest absolute Gasteiger partial charge is 0.465 e. The number of carbonyl (C=O) groups excluding carboxylic acids is 1. The number of nitriles is 1. The summed E-state index contributed by atoms with van der Waals surface area (Å²) < 4.78 is 5.00. The van der Waals surface area contributed by atoms with Crippen molar-refractivity contribution >= 4 is 17.6 Å². The zero-order valence-electron chi connectivity index (χ0n) is 10.6. The maximum Gasteiger partial charge on any atom is 0.326 e. The van der Waals surface area contributed by atoms with E-state index in [9.17, 15) is 10.1 Å². The van der Waals surface area contributed by atoms with Gasteiger partial charge >= 0.3 is 5.97 Å². The zero-order valence-corrected chi connectivity index (χ0v) is 11.3. The lowest BCUT2D eigenvalue weighted by Crippen LogP contribution is -2.33. The summed E-state index contributed by atoms with van der Waals surface area (Å²) in [7, 11) is 0. The molecule has 1 rings (SSSR count). The van der Waals surface area contributed by atoms with Crippen LogP contribution in [0.4, 0.5) is 0 Å². The first-order valence-corrected chi connectivity index (χ1v) is 6.28. The topological polar surface area (TPSA) is 50.1 Å². The Hall–Kier alpha value is -1.53. The van der Waals surface area contributed by atoms with Crippen LogP contribution in [0.3, 0.4) is 0 Å². The molecular formula is C14H16ClNO2. The van der Waals surface area contributed by atoms with E-state index >= 15 is 0 Å². The first-order chi connectivity index (χ1) is 8.57. The molecule has 0 fully saturated rings. The molecule has 0 aromatic heterocycles. The molecule has 1 atom stereocenters. The fourth-order valence-electron chi connectivity index (χ4n) is 1.73. The van der Waals surface area contributed by atoms with Gasteiger partial charge in [0, 0.05) is 11.4 Å². The standard InChI is InChI=1S/C14H16ClNO2/c1-3-14(10-16,13(17)18-4-2)9-11-5-7-12(15)8-6-11/h5-8H,3-4,9H2,1-2H3. The third-order valence-electron chi connectivity index (χ3n) is 2.90. The summed E-state index contributed by atoms with van der Waals surface area (Å²) in [6.07, 6.45) is 0.765. The molecule has 1 unspecified atom stereocenters. The molecule has 4 heteroatoms. The number of esters is 1. The van der Waals surface area contributed by atoms with E-state index in [0.717, 1.165) is 5.56 Å². The van der Waals surface area contributed by atoms with Gasteiger partial charge in [-0.2, -0.15) is 5.26 Å². The predicted molar refractivity (Wildman–Crippen MR) is 70.1 cm³/mol. The van der Waals surface area contributed by atoms with E-state index in [-0.39, 0.29) is 6.61 Å². The summed E-state index contributed by atoms with van der Waals surface area (Å²) >= 11 is 5.81. The first kappa shape index (κ1) is 14.5. The van der Waals surface area contributed by atoms with Gasteiger partial charge in [-0.05, 0) is 31.0 Å². The SMILES string of the molecule is CCOC(=O)C(C#N)(CC)Cc1ccc(Cl)cc1. The third kappa shape index (κ3) is 3.24. The second kappa shape index (κ2) is 6.42. The monoisotopic (exact) mass is 265 g/mol. The number of halogens is 1. The molecule has 0 amide bonds. The fourth-order valence-corrected chi connectivity index (χ4v) is 1.85. The van der Waals surface area contributed by atoms with Crippen molar-refractivity contribution in [1.29, 1.82) is 5.26 Å². The zero-order chi connectivity index (χ0) is 13.6. The van der Waals surface area contributed by atoms with Crippen molar-refractivity contribution in [3.05, 3.63) is 34.9 Å². The molecule has 0 heterocycles. The van der Waals surface area contributed by atoms with E-state index in [1.165, 1.54) is 0 Å². The Morgan fingerprint density at radius 3 is 2.44 bits per heavy atom. The van der Waals surface area contributed by atoms with Crippen molar-refractivity contribution in [2.75, 3.05) is 6.61 Å². The van der Waals surface area contributed by atoms with Gasteiger partial charge in [0.05, 0.1) is 12.7 Å². The molecule has 0 bridgehead atoms. The van der Waals surface area contributed by atoms with Crippen molar-refractivity contribution < 1.29 is 9.53 Å². The Kier molecular flexibility index (Phi) is 5.18. The molecule has 96 valence electrons. The molecule has 0 radical (unpaired) electrons. The fraction of sp³-hybridized carbons (Fsp3) is 0.429. The number of ether oxygens (including phenoxy) is 1. The molecular weight excluding hydrogens is 250 g/mol. The maximum absolute atomic E-state index is 11.9. The van der Waals surface area contributed by atoms with E-state index in [1.54, 1.807) is 19.1 Å². The minimum atomic E-state index is -1.11. The van der Waals surface area contributed by atoms with Crippen molar-refractivity contribution in [3.63, 3.8) is 0 Å². The lowest BCUT2D eigenvalue weighted by Gasteiger charge is -2.22. The first-order valence-electron chi connectivity index (χ1n) is 5.91. The van der Waals surface area contributed by atoms with Crippen LogP contribution in [0.5, 0.6) is 0 Å². The van der Waals surface area contributed by atoms with E-state index in [1.807, 2.05) is 19.1 Å². The van der Waals surface area contributed by atoms with Crippen LogP contribution in [0, 0.1) is 16.7 Å². The third-order valence-corrected chi connectivity index (χ3v) is 3.15. The van der Waals surface area contributed by atoms with Crippen molar-refractivity contribution in [3.8, 4) is 6.07 Å². The smallest absolute Gasteiger partial charge is 0.326 e. The quantitative estimate of drug-likeness (QED) is 0.767. The molecule has 18 heavy (non-hydrogen) atoms. The van der Waals surface area contributed by atoms with Gasteiger partial charge in [0.1, 0.15) is 0 Å². The van der Waals surface area contributed by atoms with Crippen molar-refractivity contribution in [2.45, 2.75) is 26.7 Å². The minimum absolute atomic E-state index is 0.281. The predicted octanol–water partition coefficient (Wildman–Crippen LogP) is 3.37. The molecule has 0 spiro atoms. The highest BCUT2D eigenvalue weighted by Crippen LogP contribution is 2.28. The summed E-state index contributed by atoms with van der Waals surface area (Å²) in [5, 5.41) is 9.95. The molecule has 0 aliphatic rings. The molecule has 1 aromatic carbocycles. The van der Waals surface area contributed by atoms with Crippen LogP contribution >= 0.6 is 11.6 Å². The molecule has 0 saturated heterocycles. The maximum atomic E-state index is 11.9. The summed E-state index contributed by atoms with van der Waals surface area (Å²) in [6.45, 7) is 3.83. The molecule has 1 aromatic rings. The highest BCUT2D eigenvalue weighted by molar-refractivity contribution is 6.30. The van der Waals surface area contributed by atoms with Gasteiger partial charge in [-0.25, -0.2) is 0 Å². The van der Waals surface area contributed by atoms with Crippen LogP contribution in [0.25, 0.3) is 0 Å². The van der Waals surface area contributed by atoms with Crippen LogP contribution in [0.15, 0.2) is 24.3 Å². The van der Waals surface area contributed by atoms with Gasteiger partial charge in [0.2, 0.25) is 0 Å². The molecule has 0 aliphatic heterocycles. The summed E-state index contributed by atoms with van der Waals surface area (Å²) in [6, 6.07) is 9.25. The van der Waals surface area contributed by atoms with E-state index in [4.69, 9.17) is 16.3 Å². The highest BCUT2D eigenvalue weighted by Gasteiger charge is 2.38. The normalized spacial score (nSPS) is 13.4. The second-order valence-electron chi connectivity index (χ2n) is 4.07. The number of nitrogens with zero attached hydrogens (tertiary/aromatic N) is 1. The van der Waals surface area contributed by atoms with Crippen LogP contribution in [0.2, 0.25) is 5.02 Å². The van der Waals surface area contributed by atoms with Crippen molar-refractivity contribution in [2.24, 2.45) is 5.41 Å². The average molecular weight is 266 g/mol. The Labute approximate surface area is 112 Å². The van der Waals surface area contributed by atoms with Gasteiger partial charge in [-0.15, -0.1) is 0 Å². The number of rotatable bonds is 5. The lowest BCUT2D eigenvalue weighted by molar-refractivity contribution is -0.152. The highest BCUT2D eigenvalue weighted by atomic mass is 35.5. The molecule has 0 aliphatic carbocycles. The van der Waals surface area contributed by atoms with Gasteiger partial charge in [-0.3, -0.25) is 4.79 Å². The number of carbonyl (C=O) groups is 1. The number of hydrogen-bond donors (Lipinski definition) is 0. The van der Waals surface area contributed by atoms with Gasteiger partial charge in [0.25, 0.3) is 0 Å². The van der Waals surface area contributed by atoms with Crippen LogP contribution in [-0.2, 0) is 16.0 Å². The van der Waals surface area contributed by atoms with Crippen LogP contribution in [-0.4, -0.2) is 12.6 Å². The molecule has 0 saturated carbocycles. The summed E-state index contributed by atoms with van der Waals surface area (Å²) in [5.41, 5.74) is -0.208. The van der Waals surface area contributed by atoms with Gasteiger partial charge in [-0.1, -0.05) is 30.7 Å².